The summed E-state index contributed by atoms with van der Waals surface area (Å²) in [6, 6.07) is 7.84. The molecule has 8 saturated carbocycles. The average molecular weight is 929 g/mol. The van der Waals surface area contributed by atoms with Crippen molar-refractivity contribution in [3.63, 3.8) is 0 Å². The molecule has 14 rings (SSSR count). The summed E-state index contributed by atoms with van der Waals surface area (Å²) >= 11 is 0. The summed E-state index contributed by atoms with van der Waals surface area (Å²) in [6.07, 6.45) is 2.87. The van der Waals surface area contributed by atoms with Crippen LogP contribution in [0.4, 0.5) is 11.6 Å². The van der Waals surface area contributed by atoms with Gasteiger partial charge in [0.15, 0.2) is 12.6 Å². The van der Waals surface area contributed by atoms with Gasteiger partial charge in [-0.05, 0) is 113 Å². The van der Waals surface area contributed by atoms with Crippen LogP contribution in [0.3, 0.4) is 0 Å². The van der Waals surface area contributed by atoms with E-state index in [1.807, 2.05) is 24.3 Å². The molecule has 2 amide bonds. The Bertz CT molecular complexity index is 2170. The Morgan fingerprint density at radius 2 is 0.955 bits per heavy atom. The van der Waals surface area contributed by atoms with E-state index < -0.39 is 73.2 Å². The van der Waals surface area contributed by atoms with Crippen molar-refractivity contribution in [1.82, 2.24) is 19.6 Å². The zero-order valence-corrected chi connectivity index (χ0v) is 37.7. The number of nitrogens with zero attached hydrogens (tertiary/aromatic N) is 4. The first-order valence-electron chi connectivity index (χ1n) is 24.8. The van der Waals surface area contributed by atoms with Crippen LogP contribution in [0.15, 0.2) is 24.3 Å². The third-order valence-electron chi connectivity index (χ3n) is 17.6. The van der Waals surface area contributed by atoms with E-state index in [1.165, 1.54) is 38.5 Å². The molecule has 10 fully saturated rings. The molecule has 0 spiro atoms. The number of aliphatic hydroxyl groups is 6. The van der Waals surface area contributed by atoms with Gasteiger partial charge in [0.2, 0.25) is 11.8 Å². The van der Waals surface area contributed by atoms with E-state index in [2.05, 4.69) is 10.6 Å². The van der Waals surface area contributed by atoms with Gasteiger partial charge in [0.1, 0.15) is 48.3 Å². The fourth-order valence-electron chi connectivity index (χ4n) is 15.2. The summed E-state index contributed by atoms with van der Waals surface area (Å²) in [4.78, 5) is 30.0. The summed E-state index contributed by atoms with van der Waals surface area (Å²) in [7, 11) is 0. The number of carbonyl (C=O) groups is 2. The molecule has 8 atom stereocenters. The number of fused-ring (bicyclic) bond motifs is 5. The molecule has 18 nitrogen and oxygen atoms in total. The lowest BCUT2D eigenvalue weighted by atomic mass is 9.49. The van der Waals surface area contributed by atoms with E-state index in [0.29, 0.717) is 58.5 Å². The lowest BCUT2D eigenvalue weighted by Gasteiger charge is -2.55. The van der Waals surface area contributed by atoms with E-state index >= 15 is 9.59 Å². The Hall–Kier alpha value is -3.82. The van der Waals surface area contributed by atoms with E-state index in [9.17, 15) is 30.6 Å². The molecule has 8 N–H and O–H groups in total. The van der Waals surface area contributed by atoms with Gasteiger partial charge in [0.05, 0.1) is 61.7 Å². The standard InChI is InChI=1S/C49H64N6O12/c56-22-34-38(58)40(60)44(66-34)64-7-5-54-42(50-46(62)48-16-24-9-25(17-48)11-26(10-24)18-48)32-15-33-37(31-4-2-1-3-30(31)36(32)52-54)53-55(6-8-65-45-41(61)39(59)35(23-57)67-45)43(33)51-47(63)49-19-27-12-28(20-49)14-29(13-27)21-49/h1-4,24-29,34-35,38-41,44-45,56-61H,5-23H2,(H,50,62)(H,51,63)/t24?,25?,26?,27?,28?,29?,34-,35-,38-,39-,40-,41-,44-,45-,48?,49?/m1/s1. The topological polar surface area (TPSA) is 252 Å². The minimum absolute atomic E-state index is 0.0000764. The molecule has 11 aliphatic rings. The molecule has 8 bridgehead atoms. The first-order valence-corrected chi connectivity index (χ1v) is 24.8. The molecule has 18 heteroatoms. The second-order valence-electron chi connectivity index (χ2n) is 22.0. The van der Waals surface area contributed by atoms with E-state index in [-0.39, 0.29) is 44.5 Å². The predicted molar refractivity (Wildman–Crippen MR) is 238 cm³/mol. The second-order valence-corrected chi connectivity index (χ2v) is 22.0. The number of aromatic nitrogens is 4. The van der Waals surface area contributed by atoms with Crippen LogP contribution >= 0.6 is 0 Å². The Kier molecular flexibility index (Phi) is 11.2. The van der Waals surface area contributed by atoms with E-state index in [1.54, 1.807) is 9.36 Å². The van der Waals surface area contributed by atoms with Gasteiger partial charge in [0, 0.05) is 28.7 Å². The lowest BCUT2D eigenvalue weighted by molar-refractivity contribution is -0.170. The molecular formula is C49H64N6O12. The van der Waals surface area contributed by atoms with Crippen molar-refractivity contribution >= 4 is 23.5 Å². The molecule has 4 heterocycles. The number of ether oxygens (including phenoxy) is 4. The predicted octanol–water partition coefficient (Wildman–Crippen LogP) is 2.54. The van der Waals surface area contributed by atoms with Gasteiger partial charge in [-0.15, -0.1) is 0 Å². The second kappa shape index (κ2) is 16.9. The van der Waals surface area contributed by atoms with Crippen molar-refractivity contribution < 1.29 is 59.2 Å². The number of hydrogen-bond acceptors (Lipinski definition) is 14. The Labute approximate surface area is 388 Å². The maximum absolute atomic E-state index is 15.0. The highest BCUT2D eigenvalue weighted by Gasteiger charge is 2.56. The smallest absolute Gasteiger partial charge is 0.231 e. The van der Waals surface area contributed by atoms with Crippen molar-refractivity contribution in [1.29, 1.82) is 0 Å². The van der Waals surface area contributed by atoms with Gasteiger partial charge in [-0.1, -0.05) is 24.3 Å². The zero-order valence-electron chi connectivity index (χ0n) is 37.7. The number of anilines is 2. The largest absolute Gasteiger partial charge is 0.394 e. The summed E-state index contributed by atoms with van der Waals surface area (Å²) in [5, 5.41) is 78.9. The van der Waals surface area contributed by atoms with Gasteiger partial charge in [-0.25, -0.2) is 9.36 Å². The highest BCUT2D eigenvalue weighted by atomic mass is 16.7. The van der Waals surface area contributed by atoms with Crippen LogP contribution in [0, 0.1) is 46.3 Å². The van der Waals surface area contributed by atoms with Crippen LogP contribution in [0.5, 0.6) is 0 Å². The lowest BCUT2D eigenvalue weighted by Crippen LogP contribution is -2.52. The maximum Gasteiger partial charge on any atom is 0.231 e. The average Bonchev–Trinajstić information content (AvgIpc) is 3.97. The molecule has 362 valence electrons. The highest BCUT2D eigenvalue weighted by molar-refractivity contribution is 6.00. The molecule has 0 radical (unpaired) electrons. The Balaban J connectivity index is 0.918. The molecule has 0 unspecified atom stereocenters. The van der Waals surface area contributed by atoms with E-state index in [4.69, 9.17) is 29.1 Å². The summed E-state index contributed by atoms with van der Waals surface area (Å²) in [5.74, 6) is 4.25. The zero-order chi connectivity index (χ0) is 45.9. The summed E-state index contributed by atoms with van der Waals surface area (Å²) < 4.78 is 26.7. The number of benzene rings is 1. The summed E-state index contributed by atoms with van der Waals surface area (Å²) in [5.41, 5.74) is 3.43. The first-order chi connectivity index (χ1) is 32.4. The third kappa shape index (κ3) is 7.51. The fourth-order valence-corrected chi connectivity index (χ4v) is 15.2. The normalized spacial score (nSPS) is 39.6. The van der Waals surface area contributed by atoms with Crippen molar-refractivity contribution in [3.8, 4) is 22.5 Å². The maximum atomic E-state index is 15.0. The van der Waals surface area contributed by atoms with Crippen molar-refractivity contribution in [2.24, 2.45) is 46.3 Å². The number of rotatable bonds is 14. The Morgan fingerprint density at radius 1 is 0.597 bits per heavy atom. The van der Waals surface area contributed by atoms with E-state index in [0.717, 1.165) is 60.8 Å². The molecule has 3 aromatic rings. The van der Waals surface area contributed by atoms with Gasteiger partial charge in [-0.2, -0.15) is 10.2 Å². The first kappa shape index (κ1) is 44.4. The molecule has 67 heavy (non-hydrogen) atoms. The number of amides is 2. The van der Waals surface area contributed by atoms with Gasteiger partial charge in [-0.3, -0.25) is 9.59 Å². The van der Waals surface area contributed by atoms with Crippen LogP contribution in [0.1, 0.15) is 88.2 Å². The molecule has 9 aliphatic carbocycles. The van der Waals surface area contributed by atoms with Crippen LogP contribution in [-0.4, -0.2) is 138 Å². The third-order valence-corrected chi connectivity index (χ3v) is 17.6. The SMILES string of the molecule is O=C(Nc1c2c(nn1CCO[C@@H]1O[C@H](CO)[C@@H](O)[C@H]1O)-c1ccccc1-c1nn(CCO[C@@H]3O[C@H](CO)[C@@H](O)[C@H]3O)c(NC(=O)C34CC5CC(CC(C5)C3)C4)c1C2)C12CC3CC(CC(C3)C1)C2. The van der Waals surface area contributed by atoms with Crippen molar-refractivity contribution in [2.75, 3.05) is 37.1 Å². The van der Waals surface area contributed by atoms with Gasteiger partial charge in [0.25, 0.3) is 0 Å². The van der Waals surface area contributed by atoms with Crippen LogP contribution in [-0.2, 0) is 48.0 Å². The number of nitrogens with one attached hydrogen (secondary N) is 2. The molecular weight excluding hydrogens is 865 g/mol. The quantitative estimate of drug-likeness (QED) is 0.0906. The molecule has 1 aromatic carbocycles. The van der Waals surface area contributed by atoms with Crippen molar-refractivity contribution in [3.05, 3.63) is 35.4 Å². The van der Waals surface area contributed by atoms with Crippen molar-refractivity contribution in [2.45, 2.75) is 146 Å². The Morgan fingerprint density at radius 3 is 1.28 bits per heavy atom. The number of aliphatic hydroxyl groups excluding tert-OH is 6. The number of hydrogen-bond donors (Lipinski definition) is 8. The molecule has 2 saturated heterocycles. The highest BCUT2D eigenvalue weighted by Crippen LogP contribution is 2.62. The molecule has 2 aliphatic heterocycles. The summed E-state index contributed by atoms with van der Waals surface area (Å²) in [6.45, 7) is -0.655. The number of carbonyl (C=O) groups excluding carboxylic acids is 2. The minimum atomic E-state index is -1.36. The fraction of sp³-hybridized carbons (Fsp3) is 0.714. The van der Waals surface area contributed by atoms with Crippen LogP contribution in [0.2, 0.25) is 0 Å². The molecule has 2 aromatic heterocycles. The van der Waals surface area contributed by atoms with Crippen LogP contribution < -0.4 is 10.6 Å². The van der Waals surface area contributed by atoms with Gasteiger partial charge >= 0.3 is 0 Å². The minimum Gasteiger partial charge on any atom is -0.394 e. The monoisotopic (exact) mass is 928 g/mol. The van der Waals surface area contributed by atoms with Crippen LogP contribution in [0.25, 0.3) is 22.5 Å². The van der Waals surface area contributed by atoms with Gasteiger partial charge < -0.3 is 60.2 Å².